The lowest BCUT2D eigenvalue weighted by atomic mass is 10.2. The van der Waals surface area contributed by atoms with E-state index in [0.717, 1.165) is 18.4 Å². The Hall–Kier alpha value is -0.390. The third kappa shape index (κ3) is 3.79. The largest absolute Gasteiger partial charge is 0.212 e. The molecule has 3 nitrogen and oxygen atoms in total. The van der Waals surface area contributed by atoms with E-state index >= 15 is 0 Å². The molecule has 0 heterocycles. The number of hydrogen-bond donors (Lipinski definition) is 1. The number of benzene rings is 1. The molecule has 1 aliphatic carbocycles. The molecule has 1 aromatic rings. The molecule has 0 atom stereocenters. The van der Waals surface area contributed by atoms with Crippen LogP contribution in [0.5, 0.6) is 0 Å². The summed E-state index contributed by atoms with van der Waals surface area (Å²) in [4.78, 5) is 0. The quantitative estimate of drug-likeness (QED) is 0.816. The molecule has 1 aromatic carbocycles. The molecule has 5 heteroatoms. The maximum absolute atomic E-state index is 11.9. The summed E-state index contributed by atoms with van der Waals surface area (Å²) in [6.07, 6.45) is 2.43. The summed E-state index contributed by atoms with van der Waals surface area (Å²) < 4.78 is 26.6. The van der Waals surface area contributed by atoms with Crippen LogP contribution >= 0.6 is 15.9 Å². The Morgan fingerprint density at radius 2 is 1.88 bits per heavy atom. The highest BCUT2D eigenvalue weighted by atomic mass is 79.9. The second kappa shape index (κ2) is 5.08. The van der Waals surface area contributed by atoms with Crippen LogP contribution in [-0.4, -0.2) is 25.0 Å². The van der Waals surface area contributed by atoms with E-state index < -0.39 is 10.0 Å². The van der Waals surface area contributed by atoms with E-state index in [4.69, 9.17) is 0 Å². The summed E-state index contributed by atoms with van der Waals surface area (Å²) >= 11 is 3.36. The number of sulfonamides is 1. The van der Waals surface area contributed by atoms with Crippen LogP contribution in [0.25, 0.3) is 0 Å². The molecule has 0 radical (unpaired) electrons. The van der Waals surface area contributed by atoms with Crippen molar-refractivity contribution in [3.05, 3.63) is 35.9 Å². The smallest absolute Gasteiger partial charge is 0.212 e. The molecule has 1 saturated carbocycles. The van der Waals surface area contributed by atoms with Gasteiger partial charge in [0.1, 0.15) is 0 Å². The van der Waals surface area contributed by atoms with Gasteiger partial charge in [-0.15, -0.1) is 0 Å². The van der Waals surface area contributed by atoms with Gasteiger partial charge in [0.25, 0.3) is 0 Å². The first-order valence-corrected chi connectivity index (χ1v) is 8.44. The normalized spacial score (nSPS) is 17.9. The first-order chi connectivity index (χ1) is 8.05. The van der Waals surface area contributed by atoms with Crippen LogP contribution in [0.1, 0.15) is 18.4 Å². The standard InChI is InChI=1S/C12H16BrNO2S/c13-10-12(7-8-12)14-17(15,16)9-6-11-4-2-1-3-5-11/h1-5,14H,6-10H2. The molecule has 0 bridgehead atoms. The van der Waals surface area contributed by atoms with Gasteiger partial charge in [-0.1, -0.05) is 46.3 Å². The molecule has 0 aromatic heterocycles. The summed E-state index contributed by atoms with van der Waals surface area (Å²) in [5.41, 5.74) is 0.858. The Kier molecular flexibility index (Phi) is 3.90. The monoisotopic (exact) mass is 317 g/mol. The molecule has 1 N–H and O–H groups in total. The number of halogens is 1. The number of rotatable bonds is 6. The predicted molar refractivity (Wildman–Crippen MR) is 72.8 cm³/mol. The minimum atomic E-state index is -3.17. The van der Waals surface area contributed by atoms with Crippen molar-refractivity contribution >= 4 is 26.0 Å². The SMILES string of the molecule is O=S(=O)(CCc1ccccc1)NC1(CBr)CC1. The van der Waals surface area contributed by atoms with Gasteiger partial charge in [0, 0.05) is 10.9 Å². The molecule has 0 aliphatic heterocycles. The molecular weight excluding hydrogens is 302 g/mol. The second-order valence-electron chi connectivity index (χ2n) is 4.57. The van der Waals surface area contributed by atoms with Crippen LogP contribution in [0.2, 0.25) is 0 Å². The molecule has 17 heavy (non-hydrogen) atoms. The lowest BCUT2D eigenvalue weighted by molar-refractivity contribution is 0.560. The van der Waals surface area contributed by atoms with Gasteiger partial charge in [-0.3, -0.25) is 0 Å². The molecule has 0 saturated heterocycles. The minimum Gasteiger partial charge on any atom is -0.212 e. The van der Waals surface area contributed by atoms with Gasteiger partial charge < -0.3 is 0 Å². The predicted octanol–water partition coefficient (Wildman–Crippen LogP) is 2.08. The maximum Gasteiger partial charge on any atom is 0.212 e. The lowest BCUT2D eigenvalue weighted by Gasteiger charge is -2.14. The average Bonchev–Trinajstić information content (AvgIpc) is 3.08. The number of hydrogen-bond acceptors (Lipinski definition) is 2. The number of alkyl halides is 1. The van der Waals surface area contributed by atoms with Crippen LogP contribution in [0.4, 0.5) is 0 Å². The fraction of sp³-hybridized carbons (Fsp3) is 0.500. The molecule has 0 amide bonds. The summed E-state index contributed by atoms with van der Waals surface area (Å²) in [6.45, 7) is 0. The van der Waals surface area contributed by atoms with Crippen molar-refractivity contribution in [2.24, 2.45) is 0 Å². The topological polar surface area (TPSA) is 46.2 Å². The van der Waals surface area contributed by atoms with E-state index in [9.17, 15) is 8.42 Å². The van der Waals surface area contributed by atoms with Gasteiger partial charge >= 0.3 is 0 Å². The lowest BCUT2D eigenvalue weighted by Crippen LogP contribution is -2.39. The third-order valence-electron chi connectivity index (χ3n) is 2.98. The molecule has 1 aliphatic rings. The van der Waals surface area contributed by atoms with Crippen LogP contribution in [-0.2, 0) is 16.4 Å². The van der Waals surface area contributed by atoms with E-state index in [1.807, 2.05) is 30.3 Å². The summed E-state index contributed by atoms with van der Waals surface area (Å²) in [5.74, 6) is 0.158. The Labute approximate surface area is 111 Å². The molecular formula is C12H16BrNO2S. The van der Waals surface area contributed by atoms with E-state index in [-0.39, 0.29) is 11.3 Å². The van der Waals surface area contributed by atoms with E-state index in [0.29, 0.717) is 11.8 Å². The Morgan fingerprint density at radius 3 is 2.41 bits per heavy atom. The van der Waals surface area contributed by atoms with Gasteiger partial charge in [-0.2, -0.15) is 0 Å². The molecule has 2 rings (SSSR count). The van der Waals surface area contributed by atoms with Gasteiger partial charge in [-0.05, 0) is 24.8 Å². The fourth-order valence-electron chi connectivity index (χ4n) is 1.69. The molecule has 0 spiro atoms. The highest BCUT2D eigenvalue weighted by Gasteiger charge is 2.44. The van der Waals surface area contributed by atoms with Crippen molar-refractivity contribution < 1.29 is 8.42 Å². The van der Waals surface area contributed by atoms with Crippen LogP contribution < -0.4 is 4.72 Å². The zero-order valence-electron chi connectivity index (χ0n) is 9.52. The van der Waals surface area contributed by atoms with E-state index in [2.05, 4.69) is 20.7 Å². The number of aryl methyl sites for hydroxylation is 1. The Morgan fingerprint density at radius 1 is 1.24 bits per heavy atom. The van der Waals surface area contributed by atoms with Crippen molar-refractivity contribution in [3.8, 4) is 0 Å². The highest BCUT2D eigenvalue weighted by molar-refractivity contribution is 9.09. The van der Waals surface area contributed by atoms with Crippen LogP contribution in [0.15, 0.2) is 30.3 Å². The molecule has 1 fully saturated rings. The van der Waals surface area contributed by atoms with Gasteiger partial charge in [0.2, 0.25) is 10.0 Å². The van der Waals surface area contributed by atoms with Gasteiger partial charge in [0.05, 0.1) is 5.75 Å². The van der Waals surface area contributed by atoms with Gasteiger partial charge in [-0.25, -0.2) is 13.1 Å². The van der Waals surface area contributed by atoms with Crippen molar-refractivity contribution in [3.63, 3.8) is 0 Å². The third-order valence-corrected chi connectivity index (χ3v) is 5.54. The van der Waals surface area contributed by atoms with Crippen molar-refractivity contribution in [1.29, 1.82) is 0 Å². The maximum atomic E-state index is 11.9. The summed E-state index contributed by atoms with van der Waals surface area (Å²) in [5, 5.41) is 0.699. The highest BCUT2D eigenvalue weighted by Crippen LogP contribution is 2.37. The second-order valence-corrected chi connectivity index (χ2v) is 6.97. The van der Waals surface area contributed by atoms with Crippen LogP contribution in [0.3, 0.4) is 0 Å². The zero-order valence-corrected chi connectivity index (χ0v) is 11.9. The Bertz CT molecular complexity index is 469. The number of nitrogens with one attached hydrogen (secondary N) is 1. The first-order valence-electron chi connectivity index (χ1n) is 5.67. The van der Waals surface area contributed by atoms with E-state index in [1.54, 1.807) is 0 Å². The van der Waals surface area contributed by atoms with Crippen molar-refractivity contribution in [2.45, 2.75) is 24.8 Å². The summed E-state index contributed by atoms with van der Waals surface area (Å²) in [6, 6.07) is 9.69. The minimum absolute atomic E-state index is 0.158. The molecule has 0 unspecified atom stereocenters. The summed E-state index contributed by atoms with van der Waals surface area (Å²) in [7, 11) is -3.17. The fourth-order valence-corrected chi connectivity index (χ4v) is 4.12. The van der Waals surface area contributed by atoms with Crippen molar-refractivity contribution in [1.82, 2.24) is 4.72 Å². The van der Waals surface area contributed by atoms with E-state index in [1.165, 1.54) is 0 Å². The zero-order chi connectivity index (χ0) is 12.4. The first kappa shape index (κ1) is 13.1. The molecule has 94 valence electrons. The van der Waals surface area contributed by atoms with Gasteiger partial charge in [0.15, 0.2) is 0 Å². The Balaban J connectivity index is 1.90. The van der Waals surface area contributed by atoms with Crippen LogP contribution in [0, 0.1) is 0 Å². The van der Waals surface area contributed by atoms with Crippen molar-refractivity contribution in [2.75, 3.05) is 11.1 Å². The average molecular weight is 318 g/mol.